The number of esters is 1. The Morgan fingerprint density at radius 1 is 1.45 bits per heavy atom. The monoisotopic (exact) mass is 291 g/mol. The number of hydrogen-bond acceptors (Lipinski definition) is 4. The quantitative estimate of drug-likeness (QED) is 0.473. The van der Waals surface area contributed by atoms with Gasteiger partial charge in [0.2, 0.25) is 11.2 Å². The average Bonchev–Trinajstić information content (AvgIpc) is 2.81. The third kappa shape index (κ3) is 1.96. The molecule has 0 spiro atoms. The summed E-state index contributed by atoms with van der Waals surface area (Å²) in [5.74, 6) is 0.0715. The number of carbonyl (C=O) groups excluding carboxylic acids is 1. The standard InChI is InChI=1S/C14H13NO4S/c1-9(16)19-8-13-11-6-7-20(18)14(11)10-4-2-3-5-12(10)15(13)17/h2-5H,6-8H2,1H3. The lowest BCUT2D eigenvalue weighted by Gasteiger charge is -2.12. The number of ether oxygens (including phenoxy) is 1. The van der Waals surface area contributed by atoms with E-state index in [1.807, 2.05) is 6.07 Å². The molecule has 0 fully saturated rings. The Balaban J connectivity index is 2.27. The van der Waals surface area contributed by atoms with Gasteiger partial charge in [0.15, 0.2) is 6.61 Å². The number of para-hydroxylation sites is 1. The van der Waals surface area contributed by atoms with Crippen molar-refractivity contribution in [1.82, 2.24) is 0 Å². The van der Waals surface area contributed by atoms with E-state index >= 15 is 0 Å². The molecule has 20 heavy (non-hydrogen) atoms. The van der Waals surface area contributed by atoms with Gasteiger partial charge in [0.25, 0.3) is 0 Å². The first-order chi connectivity index (χ1) is 9.59. The van der Waals surface area contributed by atoms with E-state index in [4.69, 9.17) is 4.74 Å². The number of hydrogen-bond donors (Lipinski definition) is 0. The first kappa shape index (κ1) is 13.1. The number of carbonyl (C=O) groups is 1. The van der Waals surface area contributed by atoms with Gasteiger partial charge in [-0.05, 0) is 12.5 Å². The summed E-state index contributed by atoms with van der Waals surface area (Å²) in [6, 6.07) is 7.08. The van der Waals surface area contributed by atoms with Gasteiger partial charge >= 0.3 is 5.97 Å². The highest BCUT2D eigenvalue weighted by Crippen LogP contribution is 2.31. The number of rotatable bonds is 2. The zero-order valence-corrected chi connectivity index (χ0v) is 11.7. The second kappa shape index (κ2) is 4.86. The molecule has 0 N–H and O–H groups in total. The van der Waals surface area contributed by atoms with Crippen molar-refractivity contribution in [3.8, 4) is 0 Å². The summed E-state index contributed by atoms with van der Waals surface area (Å²) in [7, 11) is -1.10. The van der Waals surface area contributed by atoms with Crippen molar-refractivity contribution in [2.75, 3.05) is 5.75 Å². The predicted molar refractivity (Wildman–Crippen MR) is 73.4 cm³/mol. The molecule has 1 aromatic carbocycles. The molecule has 1 aromatic heterocycles. The summed E-state index contributed by atoms with van der Waals surface area (Å²) in [6.07, 6.45) is 0.575. The van der Waals surface area contributed by atoms with E-state index in [1.165, 1.54) is 6.92 Å². The molecule has 0 amide bonds. The van der Waals surface area contributed by atoms with E-state index in [2.05, 4.69) is 0 Å². The van der Waals surface area contributed by atoms with Crippen molar-refractivity contribution in [2.24, 2.45) is 0 Å². The molecule has 0 bridgehead atoms. The van der Waals surface area contributed by atoms with Crippen molar-refractivity contribution in [3.63, 3.8) is 0 Å². The van der Waals surface area contributed by atoms with Crippen LogP contribution in [0, 0.1) is 5.21 Å². The van der Waals surface area contributed by atoms with Gasteiger partial charge in [0.1, 0.15) is 0 Å². The first-order valence-electron chi connectivity index (χ1n) is 6.27. The van der Waals surface area contributed by atoms with Gasteiger partial charge in [-0.3, -0.25) is 9.00 Å². The summed E-state index contributed by atoms with van der Waals surface area (Å²) < 4.78 is 17.9. The van der Waals surface area contributed by atoms with Crippen LogP contribution in [0.15, 0.2) is 29.2 Å². The van der Waals surface area contributed by atoms with Crippen molar-refractivity contribution in [2.45, 2.75) is 24.8 Å². The number of fused-ring (bicyclic) bond motifs is 3. The molecule has 0 radical (unpaired) electrons. The zero-order chi connectivity index (χ0) is 14.3. The Hall–Kier alpha value is -1.95. The van der Waals surface area contributed by atoms with Crippen LogP contribution in [0.4, 0.5) is 0 Å². The molecule has 0 saturated heterocycles. The molecular formula is C14H13NO4S. The summed E-state index contributed by atoms with van der Waals surface area (Å²) in [4.78, 5) is 11.7. The van der Waals surface area contributed by atoms with Crippen LogP contribution < -0.4 is 4.73 Å². The van der Waals surface area contributed by atoms with Gasteiger partial charge in [-0.1, -0.05) is 12.1 Å². The van der Waals surface area contributed by atoms with E-state index in [-0.39, 0.29) is 6.61 Å². The number of pyridine rings is 1. The van der Waals surface area contributed by atoms with E-state index in [1.54, 1.807) is 18.2 Å². The molecule has 0 aliphatic carbocycles. The molecule has 2 aromatic rings. The SMILES string of the molecule is CC(=O)OCc1c2c(c3ccccc3[n+]1[O-])S(=O)CC2. The fourth-order valence-corrected chi connectivity index (χ4v) is 4.04. The maximum atomic E-state index is 12.4. The highest BCUT2D eigenvalue weighted by atomic mass is 32.2. The molecule has 1 aliphatic heterocycles. The molecule has 5 nitrogen and oxygen atoms in total. The first-order valence-corrected chi connectivity index (χ1v) is 7.59. The largest absolute Gasteiger partial charge is 0.618 e. The molecule has 6 heteroatoms. The lowest BCUT2D eigenvalue weighted by Crippen LogP contribution is -2.35. The summed E-state index contributed by atoms with van der Waals surface area (Å²) in [5.41, 5.74) is 1.61. The second-order valence-corrected chi connectivity index (χ2v) is 6.15. The van der Waals surface area contributed by atoms with Gasteiger partial charge in [-0.15, -0.1) is 0 Å². The summed E-state index contributed by atoms with van der Waals surface area (Å²) in [5, 5.41) is 13.2. The molecule has 1 aliphatic rings. The minimum Gasteiger partial charge on any atom is -0.618 e. The molecule has 0 saturated carbocycles. The summed E-state index contributed by atoms with van der Waals surface area (Å²) in [6.45, 7) is 1.22. The van der Waals surface area contributed by atoms with Gasteiger partial charge in [0.05, 0.1) is 21.1 Å². The van der Waals surface area contributed by atoms with Crippen LogP contribution in [0.25, 0.3) is 10.9 Å². The van der Waals surface area contributed by atoms with Crippen molar-refractivity contribution in [3.05, 3.63) is 40.7 Å². The van der Waals surface area contributed by atoms with E-state index in [0.717, 1.165) is 20.6 Å². The van der Waals surface area contributed by atoms with E-state index in [9.17, 15) is 14.2 Å². The molecule has 104 valence electrons. The van der Waals surface area contributed by atoms with Crippen LogP contribution in [-0.2, 0) is 33.4 Å². The third-order valence-corrected chi connectivity index (χ3v) is 4.91. The minimum absolute atomic E-state index is 0.0802. The fraction of sp³-hybridized carbons (Fsp3) is 0.286. The van der Waals surface area contributed by atoms with Crippen molar-refractivity contribution in [1.29, 1.82) is 0 Å². The zero-order valence-electron chi connectivity index (χ0n) is 10.9. The topological polar surface area (TPSA) is 70.3 Å². The number of benzene rings is 1. The summed E-state index contributed by atoms with van der Waals surface area (Å²) >= 11 is 0. The smallest absolute Gasteiger partial charge is 0.303 e. The van der Waals surface area contributed by atoms with Crippen LogP contribution >= 0.6 is 0 Å². The van der Waals surface area contributed by atoms with Crippen LogP contribution in [0.2, 0.25) is 0 Å². The fourth-order valence-electron chi connectivity index (χ4n) is 2.53. The second-order valence-electron chi connectivity index (χ2n) is 4.65. The Bertz CT molecular complexity index is 742. The Kier molecular flexibility index (Phi) is 3.17. The van der Waals surface area contributed by atoms with Crippen LogP contribution in [0.3, 0.4) is 0 Å². The molecular weight excluding hydrogens is 278 g/mol. The Labute approximate surface area is 118 Å². The van der Waals surface area contributed by atoms with Crippen LogP contribution in [0.1, 0.15) is 18.2 Å². The molecule has 3 rings (SSSR count). The maximum absolute atomic E-state index is 12.4. The van der Waals surface area contributed by atoms with Crippen molar-refractivity contribution < 1.29 is 18.5 Å². The highest BCUT2D eigenvalue weighted by molar-refractivity contribution is 7.85. The van der Waals surface area contributed by atoms with Crippen molar-refractivity contribution >= 4 is 27.7 Å². The van der Waals surface area contributed by atoms with E-state index < -0.39 is 16.8 Å². The molecule has 2 heterocycles. The normalized spacial score (nSPS) is 17.1. The van der Waals surface area contributed by atoms with E-state index in [0.29, 0.717) is 23.4 Å². The van der Waals surface area contributed by atoms with Crippen LogP contribution in [-0.4, -0.2) is 15.9 Å². The lowest BCUT2D eigenvalue weighted by atomic mass is 10.1. The Morgan fingerprint density at radius 3 is 2.95 bits per heavy atom. The maximum Gasteiger partial charge on any atom is 0.303 e. The molecule has 1 unspecified atom stereocenters. The minimum atomic E-state index is -1.10. The number of nitrogens with zero attached hydrogens (tertiary/aromatic N) is 1. The average molecular weight is 291 g/mol. The van der Waals surface area contributed by atoms with Gasteiger partial charge < -0.3 is 9.94 Å². The van der Waals surface area contributed by atoms with Gasteiger partial charge in [-0.2, -0.15) is 4.73 Å². The third-order valence-electron chi connectivity index (χ3n) is 3.41. The Morgan fingerprint density at radius 2 is 2.20 bits per heavy atom. The highest BCUT2D eigenvalue weighted by Gasteiger charge is 2.31. The lowest BCUT2D eigenvalue weighted by molar-refractivity contribution is -0.589. The predicted octanol–water partition coefficient (Wildman–Crippen LogP) is 1.20. The molecule has 1 atom stereocenters. The number of aromatic nitrogens is 1. The van der Waals surface area contributed by atoms with Gasteiger partial charge in [-0.25, -0.2) is 0 Å². The van der Waals surface area contributed by atoms with Gasteiger partial charge in [0, 0.05) is 24.3 Å². The van der Waals surface area contributed by atoms with Crippen LogP contribution in [0.5, 0.6) is 0 Å².